The van der Waals surface area contributed by atoms with Crippen molar-refractivity contribution in [1.82, 2.24) is 20.3 Å². The predicted octanol–water partition coefficient (Wildman–Crippen LogP) is 4.34. The number of methoxy groups -OCH3 is 2. The van der Waals surface area contributed by atoms with E-state index in [1.54, 1.807) is 37.1 Å². The Morgan fingerprint density at radius 2 is 1.81 bits per heavy atom. The summed E-state index contributed by atoms with van der Waals surface area (Å²) in [7, 11) is 3.10. The first kappa shape index (κ1) is 24.8. The van der Waals surface area contributed by atoms with Crippen LogP contribution >= 0.6 is 11.3 Å². The molecule has 2 amide bonds. The third-order valence-corrected chi connectivity index (χ3v) is 7.53. The largest absolute Gasteiger partial charge is 0.497 e. The van der Waals surface area contributed by atoms with E-state index in [2.05, 4.69) is 15.6 Å². The standard InChI is InChI=1S/C27H29N5O4S/c1-35-20-14-19(15-21(16-20)36-2)32(25(33)17-31-23-11-6-5-10-22(23)29-30-31)26(24-12-7-13-37-24)27(34)28-18-8-3-4-9-18/h5-7,10-16,18,26H,3-4,8-9,17H2,1-2H3,(H,28,34). The van der Waals surface area contributed by atoms with E-state index < -0.39 is 6.04 Å². The van der Waals surface area contributed by atoms with Crippen molar-refractivity contribution < 1.29 is 19.1 Å². The fraction of sp³-hybridized carbons (Fsp3) is 0.333. The molecule has 37 heavy (non-hydrogen) atoms. The topological polar surface area (TPSA) is 98.6 Å². The van der Waals surface area contributed by atoms with Crippen molar-refractivity contribution in [3.05, 3.63) is 64.9 Å². The quantitative estimate of drug-likeness (QED) is 0.353. The number of anilines is 1. The predicted molar refractivity (Wildman–Crippen MR) is 142 cm³/mol. The number of ether oxygens (including phenoxy) is 2. The summed E-state index contributed by atoms with van der Waals surface area (Å²) in [6, 6.07) is 15.7. The zero-order chi connectivity index (χ0) is 25.8. The van der Waals surface area contributed by atoms with Gasteiger partial charge in [-0.1, -0.05) is 36.3 Å². The van der Waals surface area contributed by atoms with Gasteiger partial charge in [-0.05, 0) is 36.4 Å². The number of thiophene rings is 1. The Balaban J connectivity index is 1.59. The van der Waals surface area contributed by atoms with E-state index in [0.29, 0.717) is 22.7 Å². The molecule has 1 atom stereocenters. The lowest BCUT2D eigenvalue weighted by Gasteiger charge is -2.32. The van der Waals surface area contributed by atoms with Gasteiger partial charge in [-0.3, -0.25) is 14.5 Å². The van der Waals surface area contributed by atoms with Gasteiger partial charge in [0.2, 0.25) is 11.8 Å². The van der Waals surface area contributed by atoms with Crippen molar-refractivity contribution in [3.8, 4) is 11.5 Å². The number of nitrogens with zero attached hydrogens (tertiary/aromatic N) is 4. The first-order chi connectivity index (χ1) is 18.1. The fourth-order valence-corrected chi connectivity index (χ4v) is 5.59. The van der Waals surface area contributed by atoms with Crippen LogP contribution in [0.2, 0.25) is 0 Å². The van der Waals surface area contributed by atoms with Gasteiger partial charge >= 0.3 is 0 Å². The van der Waals surface area contributed by atoms with Gasteiger partial charge in [0.1, 0.15) is 29.6 Å². The number of amides is 2. The highest BCUT2D eigenvalue weighted by Gasteiger charge is 2.36. The Kier molecular flexibility index (Phi) is 7.36. The van der Waals surface area contributed by atoms with Crippen LogP contribution in [0, 0.1) is 0 Å². The number of rotatable bonds is 9. The molecule has 0 aliphatic heterocycles. The number of aromatic nitrogens is 3. The molecule has 1 N–H and O–H groups in total. The van der Waals surface area contributed by atoms with Crippen molar-refractivity contribution in [2.24, 2.45) is 0 Å². The first-order valence-corrected chi connectivity index (χ1v) is 13.1. The summed E-state index contributed by atoms with van der Waals surface area (Å²) in [6.07, 6.45) is 4.05. The second-order valence-corrected chi connectivity index (χ2v) is 9.96. The minimum Gasteiger partial charge on any atom is -0.497 e. The highest BCUT2D eigenvalue weighted by atomic mass is 32.1. The first-order valence-electron chi connectivity index (χ1n) is 12.2. The zero-order valence-electron chi connectivity index (χ0n) is 20.8. The SMILES string of the molecule is COc1cc(OC)cc(N(C(=O)Cn2nnc3ccccc32)C(C(=O)NC2CCCC2)c2cccs2)c1. The molecule has 1 saturated carbocycles. The molecular weight excluding hydrogens is 490 g/mol. The van der Waals surface area contributed by atoms with Crippen molar-refractivity contribution >= 4 is 39.9 Å². The van der Waals surface area contributed by atoms with E-state index in [1.807, 2.05) is 41.8 Å². The number of hydrogen-bond acceptors (Lipinski definition) is 7. The molecule has 4 aromatic rings. The Morgan fingerprint density at radius 1 is 1.08 bits per heavy atom. The molecular formula is C27H29N5O4S. The summed E-state index contributed by atoms with van der Waals surface area (Å²) < 4.78 is 12.5. The maximum absolute atomic E-state index is 14.1. The number of para-hydroxylation sites is 1. The van der Waals surface area contributed by atoms with Gasteiger partial charge in [0.15, 0.2) is 0 Å². The van der Waals surface area contributed by atoms with E-state index in [9.17, 15) is 9.59 Å². The molecule has 9 nitrogen and oxygen atoms in total. The minimum atomic E-state index is -0.875. The maximum atomic E-state index is 14.1. The van der Waals surface area contributed by atoms with Crippen molar-refractivity contribution in [3.63, 3.8) is 0 Å². The molecule has 2 aromatic heterocycles. The molecule has 2 aromatic carbocycles. The molecule has 192 valence electrons. The molecule has 0 saturated heterocycles. The van der Waals surface area contributed by atoms with Gasteiger partial charge in [0, 0.05) is 29.1 Å². The van der Waals surface area contributed by atoms with E-state index in [-0.39, 0.29) is 24.4 Å². The van der Waals surface area contributed by atoms with Crippen LogP contribution in [0.3, 0.4) is 0 Å². The molecule has 0 spiro atoms. The van der Waals surface area contributed by atoms with Gasteiger partial charge < -0.3 is 14.8 Å². The Bertz CT molecular complexity index is 1360. The van der Waals surface area contributed by atoms with Crippen LogP contribution in [0.1, 0.15) is 36.6 Å². The Labute approximate surface area is 219 Å². The molecule has 0 bridgehead atoms. The van der Waals surface area contributed by atoms with E-state index in [1.165, 1.54) is 16.2 Å². The number of fused-ring (bicyclic) bond motifs is 1. The van der Waals surface area contributed by atoms with Gasteiger partial charge in [-0.15, -0.1) is 16.4 Å². The summed E-state index contributed by atoms with van der Waals surface area (Å²) in [4.78, 5) is 30.2. The van der Waals surface area contributed by atoms with Crippen LogP contribution in [0.25, 0.3) is 11.0 Å². The van der Waals surface area contributed by atoms with E-state index >= 15 is 0 Å². The number of carbonyl (C=O) groups is 2. The smallest absolute Gasteiger partial charge is 0.249 e. The second-order valence-electron chi connectivity index (χ2n) is 8.98. The third kappa shape index (κ3) is 5.29. The number of carbonyl (C=O) groups excluding carboxylic acids is 2. The Hall–Kier alpha value is -3.92. The fourth-order valence-electron chi connectivity index (χ4n) is 4.78. The maximum Gasteiger partial charge on any atom is 0.249 e. The monoisotopic (exact) mass is 519 g/mol. The van der Waals surface area contributed by atoms with Crippen LogP contribution in [0.4, 0.5) is 5.69 Å². The van der Waals surface area contributed by atoms with Crippen LogP contribution in [-0.2, 0) is 16.1 Å². The molecule has 0 radical (unpaired) electrons. The van der Waals surface area contributed by atoms with Gasteiger partial charge in [0.05, 0.1) is 25.4 Å². The lowest BCUT2D eigenvalue weighted by atomic mass is 10.1. The van der Waals surface area contributed by atoms with Crippen LogP contribution in [-0.4, -0.2) is 47.1 Å². The van der Waals surface area contributed by atoms with Crippen LogP contribution < -0.4 is 19.7 Å². The van der Waals surface area contributed by atoms with Crippen molar-refractivity contribution in [2.75, 3.05) is 19.1 Å². The molecule has 2 heterocycles. The van der Waals surface area contributed by atoms with Gasteiger partial charge in [-0.2, -0.15) is 0 Å². The van der Waals surface area contributed by atoms with E-state index in [4.69, 9.17) is 9.47 Å². The zero-order valence-corrected chi connectivity index (χ0v) is 21.6. The average Bonchev–Trinajstić information content (AvgIpc) is 3.70. The third-order valence-electron chi connectivity index (χ3n) is 6.61. The van der Waals surface area contributed by atoms with Gasteiger partial charge in [-0.25, -0.2) is 4.68 Å². The normalized spacial score (nSPS) is 14.4. The lowest BCUT2D eigenvalue weighted by molar-refractivity contribution is -0.127. The highest BCUT2D eigenvalue weighted by molar-refractivity contribution is 7.10. The molecule has 1 aliphatic rings. The lowest BCUT2D eigenvalue weighted by Crippen LogP contribution is -2.47. The summed E-state index contributed by atoms with van der Waals surface area (Å²) in [5.74, 6) is 0.498. The summed E-state index contributed by atoms with van der Waals surface area (Å²) in [5, 5.41) is 13.5. The van der Waals surface area contributed by atoms with Crippen LogP contribution in [0.5, 0.6) is 11.5 Å². The van der Waals surface area contributed by atoms with Crippen molar-refractivity contribution in [1.29, 1.82) is 0 Å². The molecule has 1 aliphatic carbocycles. The molecule has 5 rings (SSSR count). The second kappa shape index (κ2) is 11.0. The van der Waals surface area contributed by atoms with Crippen LogP contribution in [0.15, 0.2) is 60.0 Å². The number of benzene rings is 2. The average molecular weight is 520 g/mol. The number of nitrogens with one attached hydrogen (secondary N) is 1. The summed E-state index contributed by atoms with van der Waals surface area (Å²) in [6.45, 7) is -0.0986. The number of hydrogen-bond donors (Lipinski definition) is 1. The molecule has 1 fully saturated rings. The van der Waals surface area contributed by atoms with Gasteiger partial charge in [0.25, 0.3) is 0 Å². The van der Waals surface area contributed by atoms with E-state index in [0.717, 1.165) is 36.1 Å². The van der Waals surface area contributed by atoms with Crippen molar-refractivity contribution in [2.45, 2.75) is 44.3 Å². The summed E-state index contributed by atoms with van der Waals surface area (Å²) >= 11 is 1.44. The Morgan fingerprint density at radius 3 is 2.49 bits per heavy atom. The minimum absolute atomic E-state index is 0.0986. The molecule has 10 heteroatoms. The highest BCUT2D eigenvalue weighted by Crippen LogP contribution is 2.36. The molecule has 1 unspecified atom stereocenters. The summed E-state index contributed by atoms with van der Waals surface area (Å²) in [5.41, 5.74) is 1.92.